The van der Waals surface area contributed by atoms with Gasteiger partial charge in [-0.05, 0) is 37.7 Å². The largest absolute Gasteiger partial charge is 0.365 e. The second-order valence-electron chi connectivity index (χ2n) is 7.59. The fraction of sp³-hybridized carbons (Fsp3) is 0.333. The zero-order chi connectivity index (χ0) is 21.3. The number of hydrogen-bond donors (Lipinski definition) is 3. The molecule has 0 aliphatic heterocycles. The fourth-order valence-corrected chi connectivity index (χ4v) is 5.57. The Labute approximate surface area is 182 Å². The second kappa shape index (κ2) is 8.61. The van der Waals surface area contributed by atoms with Crippen LogP contribution in [0.4, 0.5) is 5.00 Å². The van der Waals surface area contributed by atoms with Gasteiger partial charge in [-0.3, -0.25) is 14.7 Å². The van der Waals surface area contributed by atoms with Crippen LogP contribution in [-0.4, -0.2) is 32.7 Å². The Hall–Kier alpha value is -2.65. The van der Waals surface area contributed by atoms with Crippen LogP contribution in [0.5, 0.6) is 0 Å². The van der Waals surface area contributed by atoms with E-state index < -0.39 is 5.91 Å². The molecule has 0 spiro atoms. The Kier molecular flexibility index (Phi) is 5.92. The van der Waals surface area contributed by atoms with Gasteiger partial charge in [0.15, 0.2) is 5.82 Å². The summed E-state index contributed by atoms with van der Waals surface area (Å²) in [5.74, 6) is 0.679. The van der Waals surface area contributed by atoms with Crippen LogP contribution in [0.3, 0.4) is 0 Å². The highest BCUT2D eigenvalue weighted by atomic mass is 32.2. The summed E-state index contributed by atoms with van der Waals surface area (Å²) in [6.07, 6.45) is 2.78. The molecule has 156 valence electrons. The maximum absolute atomic E-state index is 12.5. The molecule has 7 nitrogen and oxygen atoms in total. The number of aromatic amines is 1. The minimum absolute atomic E-state index is 0.141. The van der Waals surface area contributed by atoms with Gasteiger partial charge in [0.25, 0.3) is 5.91 Å². The maximum Gasteiger partial charge on any atom is 0.251 e. The van der Waals surface area contributed by atoms with Crippen molar-refractivity contribution in [2.75, 3.05) is 11.1 Å². The number of primary amides is 1. The van der Waals surface area contributed by atoms with Gasteiger partial charge in [-0.25, -0.2) is 4.98 Å². The lowest BCUT2D eigenvalue weighted by Crippen LogP contribution is -2.20. The zero-order valence-electron chi connectivity index (χ0n) is 16.8. The number of nitrogens with two attached hydrogens (primary N) is 1. The Bertz CT molecular complexity index is 1090. The van der Waals surface area contributed by atoms with E-state index in [0.717, 1.165) is 35.3 Å². The molecule has 2 heterocycles. The minimum Gasteiger partial charge on any atom is -0.365 e. The third-order valence-electron chi connectivity index (χ3n) is 5.13. The first-order valence-electron chi connectivity index (χ1n) is 9.77. The summed E-state index contributed by atoms with van der Waals surface area (Å²) >= 11 is 2.71. The normalized spacial score (nSPS) is 15.6. The van der Waals surface area contributed by atoms with Crippen molar-refractivity contribution in [1.29, 1.82) is 0 Å². The minimum atomic E-state index is -0.485. The van der Waals surface area contributed by atoms with Gasteiger partial charge < -0.3 is 11.1 Å². The van der Waals surface area contributed by atoms with Gasteiger partial charge >= 0.3 is 0 Å². The third-order valence-corrected chi connectivity index (χ3v) is 7.15. The molecule has 1 aliphatic carbocycles. The average molecular weight is 442 g/mol. The lowest BCUT2D eigenvalue weighted by atomic mass is 9.88. The molecule has 0 saturated heterocycles. The summed E-state index contributed by atoms with van der Waals surface area (Å²) in [5.41, 5.74) is 9.20. The number of fused-ring (bicyclic) bond motifs is 1. The summed E-state index contributed by atoms with van der Waals surface area (Å²) in [5, 5.41) is 11.0. The van der Waals surface area contributed by atoms with Gasteiger partial charge in [0.2, 0.25) is 11.1 Å². The van der Waals surface area contributed by atoms with Crippen LogP contribution in [0.2, 0.25) is 0 Å². The van der Waals surface area contributed by atoms with E-state index in [2.05, 4.69) is 27.4 Å². The molecule has 3 aromatic rings. The van der Waals surface area contributed by atoms with Crippen molar-refractivity contribution in [3.05, 3.63) is 45.8 Å². The van der Waals surface area contributed by atoms with Crippen molar-refractivity contribution >= 4 is 39.9 Å². The van der Waals surface area contributed by atoms with Gasteiger partial charge in [0.1, 0.15) is 5.00 Å². The average Bonchev–Trinajstić information content (AvgIpc) is 3.31. The van der Waals surface area contributed by atoms with Crippen molar-refractivity contribution in [3.8, 4) is 11.4 Å². The van der Waals surface area contributed by atoms with Crippen LogP contribution >= 0.6 is 23.1 Å². The van der Waals surface area contributed by atoms with E-state index >= 15 is 0 Å². The summed E-state index contributed by atoms with van der Waals surface area (Å²) in [4.78, 5) is 30.1. The first-order valence-corrected chi connectivity index (χ1v) is 11.6. The Morgan fingerprint density at radius 3 is 2.83 bits per heavy atom. The van der Waals surface area contributed by atoms with E-state index in [1.165, 1.54) is 28.7 Å². The summed E-state index contributed by atoms with van der Waals surface area (Å²) in [7, 11) is 0. The predicted molar refractivity (Wildman–Crippen MR) is 120 cm³/mol. The molecule has 1 aromatic carbocycles. The SMILES string of the molecule is Cc1ccc(-c2nc(SCC(=O)Nc3sc4c(c3C(N)=O)CC[C@@H](C)C4)n[nH]2)cc1. The molecule has 4 rings (SSSR count). The number of anilines is 1. The Balaban J connectivity index is 1.41. The molecular weight excluding hydrogens is 418 g/mol. The molecule has 0 saturated carbocycles. The third kappa shape index (κ3) is 4.41. The number of rotatable bonds is 6. The number of nitrogens with zero attached hydrogens (tertiary/aromatic N) is 2. The number of carbonyl (C=O) groups excluding carboxylic acids is 2. The molecule has 1 aliphatic rings. The molecular formula is C21H23N5O2S2. The number of amides is 2. The number of thioether (sulfide) groups is 1. The van der Waals surface area contributed by atoms with Gasteiger partial charge in [0, 0.05) is 10.4 Å². The number of aryl methyl sites for hydroxylation is 1. The van der Waals surface area contributed by atoms with Gasteiger partial charge in [-0.15, -0.1) is 16.4 Å². The van der Waals surface area contributed by atoms with Crippen LogP contribution in [0.15, 0.2) is 29.4 Å². The topological polar surface area (TPSA) is 114 Å². The van der Waals surface area contributed by atoms with Crippen LogP contribution in [0, 0.1) is 12.8 Å². The standard InChI is InChI=1S/C21H23N5O2S2/c1-11-3-6-13(7-4-11)19-24-21(26-25-19)29-10-16(27)23-20-17(18(22)28)14-8-5-12(2)9-15(14)30-20/h3-4,6-7,12H,5,8-10H2,1-2H3,(H2,22,28)(H,23,27)(H,24,25,26)/t12-/m1/s1. The van der Waals surface area contributed by atoms with Crippen molar-refractivity contribution in [3.63, 3.8) is 0 Å². The number of benzene rings is 1. The monoisotopic (exact) mass is 441 g/mol. The van der Waals surface area contributed by atoms with Crippen LogP contribution in [-0.2, 0) is 17.6 Å². The van der Waals surface area contributed by atoms with Crippen LogP contribution in [0.1, 0.15) is 39.7 Å². The predicted octanol–water partition coefficient (Wildman–Crippen LogP) is 3.80. The van der Waals surface area contributed by atoms with E-state index in [9.17, 15) is 9.59 Å². The highest BCUT2D eigenvalue weighted by Gasteiger charge is 2.27. The molecule has 2 aromatic heterocycles. The smallest absolute Gasteiger partial charge is 0.251 e. The van der Waals surface area contributed by atoms with E-state index in [0.29, 0.717) is 27.5 Å². The second-order valence-corrected chi connectivity index (χ2v) is 9.64. The highest BCUT2D eigenvalue weighted by Crippen LogP contribution is 2.39. The Morgan fingerprint density at radius 2 is 2.10 bits per heavy atom. The fourth-order valence-electron chi connectivity index (χ4n) is 3.54. The maximum atomic E-state index is 12.5. The van der Waals surface area contributed by atoms with Gasteiger partial charge in [0.05, 0.1) is 11.3 Å². The molecule has 0 unspecified atom stereocenters. The first kappa shape index (κ1) is 20.6. The van der Waals surface area contributed by atoms with E-state index in [-0.39, 0.29) is 11.7 Å². The van der Waals surface area contributed by atoms with Crippen molar-refractivity contribution in [2.45, 2.75) is 38.3 Å². The van der Waals surface area contributed by atoms with E-state index in [4.69, 9.17) is 5.73 Å². The lowest BCUT2D eigenvalue weighted by molar-refractivity contribution is -0.113. The number of nitrogens with one attached hydrogen (secondary N) is 2. The number of thiophene rings is 1. The van der Waals surface area contributed by atoms with E-state index in [1.54, 1.807) is 0 Å². The quantitative estimate of drug-likeness (QED) is 0.504. The molecule has 4 N–H and O–H groups in total. The number of carbonyl (C=O) groups is 2. The molecule has 30 heavy (non-hydrogen) atoms. The summed E-state index contributed by atoms with van der Waals surface area (Å²) in [6, 6.07) is 7.97. The molecule has 0 radical (unpaired) electrons. The van der Waals surface area contributed by atoms with Crippen molar-refractivity contribution in [1.82, 2.24) is 15.2 Å². The Morgan fingerprint density at radius 1 is 1.33 bits per heavy atom. The van der Waals surface area contributed by atoms with Crippen molar-refractivity contribution < 1.29 is 9.59 Å². The van der Waals surface area contributed by atoms with Gasteiger partial charge in [-0.2, -0.15) is 0 Å². The molecule has 0 fully saturated rings. The summed E-state index contributed by atoms with van der Waals surface area (Å²) in [6.45, 7) is 4.22. The molecule has 2 amide bonds. The molecule has 9 heteroatoms. The number of aromatic nitrogens is 3. The molecule has 1 atom stereocenters. The van der Waals surface area contributed by atoms with Crippen LogP contribution < -0.4 is 11.1 Å². The summed E-state index contributed by atoms with van der Waals surface area (Å²) < 4.78 is 0. The van der Waals surface area contributed by atoms with Crippen LogP contribution in [0.25, 0.3) is 11.4 Å². The zero-order valence-corrected chi connectivity index (χ0v) is 18.5. The van der Waals surface area contributed by atoms with Crippen molar-refractivity contribution in [2.24, 2.45) is 11.7 Å². The lowest BCUT2D eigenvalue weighted by Gasteiger charge is -2.18. The van der Waals surface area contributed by atoms with Gasteiger partial charge in [-0.1, -0.05) is 48.5 Å². The first-order chi connectivity index (χ1) is 14.4. The molecule has 0 bridgehead atoms. The number of H-pyrrole nitrogens is 1. The number of hydrogen-bond acceptors (Lipinski definition) is 6. The highest BCUT2D eigenvalue weighted by molar-refractivity contribution is 7.99. The van der Waals surface area contributed by atoms with E-state index in [1.807, 2.05) is 31.2 Å².